The van der Waals surface area contributed by atoms with E-state index in [1.165, 1.54) is 6.07 Å². The second kappa shape index (κ2) is 6.74. The van der Waals surface area contributed by atoms with Crippen molar-refractivity contribution in [1.82, 2.24) is 0 Å². The average Bonchev–Trinajstić information content (AvgIpc) is 2.47. The van der Waals surface area contributed by atoms with Crippen molar-refractivity contribution < 1.29 is 9.13 Å². The summed E-state index contributed by atoms with van der Waals surface area (Å²) >= 11 is 9.11. The highest BCUT2D eigenvalue weighted by Gasteiger charge is 2.09. The van der Waals surface area contributed by atoms with E-state index in [-0.39, 0.29) is 12.2 Å². The van der Waals surface area contributed by atoms with Crippen molar-refractivity contribution in [2.75, 3.05) is 0 Å². The fourth-order valence-electron chi connectivity index (χ4n) is 1.68. The summed E-state index contributed by atoms with van der Waals surface area (Å²) < 4.78 is 20.2. The molecule has 2 aromatic rings. The van der Waals surface area contributed by atoms with E-state index >= 15 is 0 Å². The van der Waals surface area contributed by atoms with Crippen molar-refractivity contribution >= 4 is 27.5 Å². The number of hydrogen-bond acceptors (Lipinski definition) is 2. The summed E-state index contributed by atoms with van der Waals surface area (Å²) in [6.07, 6.45) is 0. The van der Waals surface area contributed by atoms with Gasteiger partial charge in [-0.05, 0) is 39.7 Å². The molecule has 0 atom stereocenters. The van der Waals surface area contributed by atoms with Gasteiger partial charge < -0.3 is 4.74 Å². The van der Waals surface area contributed by atoms with Gasteiger partial charge in [0.2, 0.25) is 0 Å². The molecule has 102 valence electrons. The highest BCUT2D eigenvalue weighted by molar-refractivity contribution is 9.10. The van der Waals surface area contributed by atoms with Crippen LogP contribution in [-0.4, -0.2) is 0 Å². The molecule has 0 saturated heterocycles. The molecule has 0 aliphatic rings. The van der Waals surface area contributed by atoms with E-state index in [9.17, 15) is 4.39 Å². The van der Waals surface area contributed by atoms with E-state index in [1.54, 1.807) is 24.3 Å². The average molecular weight is 355 g/mol. The van der Waals surface area contributed by atoms with Gasteiger partial charge in [-0.1, -0.05) is 18.2 Å². The standard InChI is InChI=1S/C15H10BrClFNO/c16-13-6-10(7-17)4-5-14(13)20-9-12-3-1-2-11(8-19)15(12)18/h1-6H,7,9H2. The largest absolute Gasteiger partial charge is 0.488 e. The molecule has 0 N–H and O–H groups in total. The molecule has 0 fully saturated rings. The number of alkyl halides is 1. The van der Waals surface area contributed by atoms with E-state index < -0.39 is 5.82 Å². The topological polar surface area (TPSA) is 33.0 Å². The molecule has 0 radical (unpaired) electrons. The molecule has 5 heteroatoms. The van der Waals surface area contributed by atoms with Crippen LogP contribution in [0.1, 0.15) is 16.7 Å². The summed E-state index contributed by atoms with van der Waals surface area (Å²) in [5.74, 6) is 0.474. The SMILES string of the molecule is N#Cc1cccc(COc2ccc(CCl)cc2Br)c1F. The van der Waals surface area contributed by atoms with Crippen molar-refractivity contribution in [2.45, 2.75) is 12.5 Å². The summed E-state index contributed by atoms with van der Waals surface area (Å²) in [6.45, 7) is 0.0557. The number of nitrogens with zero attached hydrogens (tertiary/aromatic N) is 1. The maximum Gasteiger partial charge on any atom is 0.147 e. The zero-order valence-corrected chi connectivity index (χ0v) is 12.7. The van der Waals surface area contributed by atoms with Gasteiger partial charge in [-0.15, -0.1) is 11.6 Å². The fraction of sp³-hybridized carbons (Fsp3) is 0.133. The molecule has 2 aromatic carbocycles. The van der Waals surface area contributed by atoms with Gasteiger partial charge in [0.05, 0.1) is 10.0 Å². The minimum atomic E-state index is -0.538. The number of nitriles is 1. The predicted octanol–water partition coefficient (Wildman–Crippen LogP) is 4.78. The van der Waals surface area contributed by atoms with Crippen LogP contribution in [0.2, 0.25) is 0 Å². The second-order valence-corrected chi connectivity index (χ2v) is 5.20. The Labute approximate surface area is 129 Å². The summed E-state index contributed by atoms with van der Waals surface area (Å²) in [4.78, 5) is 0. The molecular weight excluding hydrogens is 345 g/mol. The number of benzene rings is 2. The zero-order valence-electron chi connectivity index (χ0n) is 10.4. The Hall–Kier alpha value is -1.57. The van der Waals surface area contributed by atoms with Gasteiger partial charge in [-0.2, -0.15) is 5.26 Å². The fourth-order valence-corrected chi connectivity index (χ4v) is 2.38. The monoisotopic (exact) mass is 353 g/mol. The minimum Gasteiger partial charge on any atom is -0.488 e. The van der Waals surface area contributed by atoms with Crippen LogP contribution >= 0.6 is 27.5 Å². The summed E-state index contributed by atoms with van der Waals surface area (Å²) in [5, 5.41) is 8.78. The van der Waals surface area contributed by atoms with Gasteiger partial charge in [-0.25, -0.2) is 4.39 Å². The highest BCUT2D eigenvalue weighted by atomic mass is 79.9. The van der Waals surface area contributed by atoms with Gasteiger partial charge >= 0.3 is 0 Å². The first-order valence-corrected chi connectivity index (χ1v) is 7.13. The number of halogens is 3. The van der Waals surface area contributed by atoms with Gasteiger partial charge in [-0.3, -0.25) is 0 Å². The van der Waals surface area contributed by atoms with E-state index in [2.05, 4.69) is 15.9 Å². The molecule has 0 unspecified atom stereocenters. The summed E-state index contributed by atoms with van der Waals surface area (Å²) in [7, 11) is 0. The maximum absolute atomic E-state index is 13.9. The number of hydrogen-bond donors (Lipinski definition) is 0. The first kappa shape index (κ1) is 14.8. The van der Waals surface area contributed by atoms with Gasteiger partial charge in [0.1, 0.15) is 24.2 Å². The highest BCUT2D eigenvalue weighted by Crippen LogP contribution is 2.27. The van der Waals surface area contributed by atoms with Crippen molar-refractivity contribution in [1.29, 1.82) is 5.26 Å². The molecule has 0 aliphatic heterocycles. The van der Waals surface area contributed by atoms with Gasteiger partial charge in [0, 0.05) is 11.4 Å². The molecule has 0 saturated carbocycles. The Kier molecular flexibility index (Phi) is 4.99. The molecule has 2 nitrogen and oxygen atoms in total. The van der Waals surface area contributed by atoms with Crippen molar-refractivity contribution in [3.05, 3.63) is 63.4 Å². The summed E-state index contributed by atoms with van der Waals surface area (Å²) in [6, 6.07) is 11.9. The normalized spacial score (nSPS) is 10.1. The molecule has 0 spiro atoms. The van der Waals surface area contributed by atoms with E-state index in [0.29, 0.717) is 17.2 Å². The van der Waals surface area contributed by atoms with Gasteiger partial charge in [0.15, 0.2) is 0 Å². The third-order valence-corrected chi connectivity index (χ3v) is 3.66. The van der Waals surface area contributed by atoms with E-state index in [0.717, 1.165) is 10.0 Å². The van der Waals surface area contributed by atoms with Crippen LogP contribution in [0.4, 0.5) is 4.39 Å². The maximum atomic E-state index is 13.9. The Morgan fingerprint density at radius 2 is 2.10 bits per heavy atom. The van der Waals surface area contributed by atoms with E-state index in [1.807, 2.05) is 12.1 Å². The van der Waals surface area contributed by atoms with E-state index in [4.69, 9.17) is 21.6 Å². The number of rotatable bonds is 4. The van der Waals surface area contributed by atoms with Crippen LogP contribution in [-0.2, 0) is 12.5 Å². The van der Waals surface area contributed by atoms with Crippen molar-refractivity contribution in [2.24, 2.45) is 0 Å². The third-order valence-electron chi connectivity index (χ3n) is 2.73. The summed E-state index contributed by atoms with van der Waals surface area (Å²) in [5.41, 5.74) is 1.32. The minimum absolute atomic E-state index is 0.0163. The van der Waals surface area contributed by atoms with Gasteiger partial charge in [0.25, 0.3) is 0 Å². The Balaban J connectivity index is 2.15. The number of ether oxygens (including phenoxy) is 1. The third kappa shape index (κ3) is 3.30. The lowest BCUT2D eigenvalue weighted by Gasteiger charge is -2.10. The Morgan fingerprint density at radius 3 is 2.75 bits per heavy atom. The first-order valence-electron chi connectivity index (χ1n) is 5.80. The molecule has 0 amide bonds. The lowest BCUT2D eigenvalue weighted by Crippen LogP contribution is -2.00. The first-order chi connectivity index (χ1) is 9.65. The molecule has 0 aromatic heterocycles. The molecule has 2 rings (SSSR count). The van der Waals surface area contributed by atoms with Crippen LogP contribution in [0, 0.1) is 17.1 Å². The Morgan fingerprint density at radius 1 is 1.30 bits per heavy atom. The van der Waals surface area contributed by atoms with Crippen molar-refractivity contribution in [3.63, 3.8) is 0 Å². The predicted molar refractivity (Wildman–Crippen MR) is 79.1 cm³/mol. The Bertz CT molecular complexity index is 669. The van der Waals surface area contributed by atoms with Crippen LogP contribution in [0.25, 0.3) is 0 Å². The quantitative estimate of drug-likeness (QED) is 0.740. The molecule has 0 bridgehead atoms. The van der Waals surface area contributed by atoms with Crippen LogP contribution in [0.5, 0.6) is 5.75 Å². The second-order valence-electron chi connectivity index (χ2n) is 4.08. The van der Waals surface area contributed by atoms with Crippen molar-refractivity contribution in [3.8, 4) is 11.8 Å². The zero-order chi connectivity index (χ0) is 14.5. The lowest BCUT2D eigenvalue weighted by molar-refractivity contribution is 0.298. The van der Waals surface area contributed by atoms with Crippen LogP contribution in [0.15, 0.2) is 40.9 Å². The molecular formula is C15H10BrClFNO. The molecule has 20 heavy (non-hydrogen) atoms. The van der Waals surface area contributed by atoms with Crippen LogP contribution < -0.4 is 4.74 Å². The molecule has 0 heterocycles. The smallest absolute Gasteiger partial charge is 0.147 e. The lowest BCUT2D eigenvalue weighted by atomic mass is 10.1. The van der Waals surface area contributed by atoms with Crippen LogP contribution in [0.3, 0.4) is 0 Å². The molecule has 0 aliphatic carbocycles.